The molecule has 0 amide bonds. The van der Waals surface area contributed by atoms with Crippen LogP contribution < -0.4 is 16.0 Å². The maximum Gasteiger partial charge on any atom is 0.266 e. The first-order chi connectivity index (χ1) is 14.0. The minimum atomic E-state index is -0.119. The monoisotopic (exact) mass is 428 g/mol. The topological polar surface area (TPSA) is 68.1 Å². The Bertz CT molecular complexity index is 1210. The number of H-pyrrole nitrogens is 1. The minimum Gasteiger partial charge on any atom is -0.496 e. The number of aromatic amines is 1. The average molecular weight is 429 g/mol. The number of rotatable bonds is 4. The summed E-state index contributed by atoms with van der Waals surface area (Å²) in [5.74, 6) is 0.766. The van der Waals surface area contributed by atoms with Gasteiger partial charge in [-0.3, -0.25) is 4.79 Å². The molecular formula is C23H25ClN2O2S. The number of fused-ring (bicyclic) bond motifs is 3. The van der Waals surface area contributed by atoms with Crippen molar-refractivity contribution in [2.24, 2.45) is 5.73 Å². The maximum absolute atomic E-state index is 12.5. The Morgan fingerprint density at radius 3 is 2.48 bits per heavy atom. The Morgan fingerprint density at radius 2 is 1.86 bits per heavy atom. The zero-order chi connectivity index (χ0) is 21.1. The molecule has 29 heavy (non-hydrogen) atoms. The molecule has 4 rings (SSSR count). The third-order valence-electron chi connectivity index (χ3n) is 4.80. The first kappa shape index (κ1) is 21.4. The quantitative estimate of drug-likeness (QED) is 0.424. The standard InChI is InChI=1S/C21H19ClN2O2S.C2H6/c1-11-9-15(26-2)17(13-5-3-12(4-6-13)7-8-23)18-14-10-16(22)27-20(14)21(25)24-19(11)18;1-2/h3-6,9-10H,7-8,23H2,1-2H3,(H,24,25);1-2H3. The van der Waals surface area contributed by atoms with Crippen LogP contribution in [0.3, 0.4) is 0 Å². The number of hydrogen-bond donors (Lipinski definition) is 2. The Morgan fingerprint density at radius 1 is 1.17 bits per heavy atom. The van der Waals surface area contributed by atoms with E-state index in [1.54, 1.807) is 7.11 Å². The van der Waals surface area contributed by atoms with E-state index in [2.05, 4.69) is 29.2 Å². The molecular weight excluding hydrogens is 404 g/mol. The van der Waals surface area contributed by atoms with Crippen molar-refractivity contribution in [3.8, 4) is 16.9 Å². The molecule has 0 aliphatic rings. The van der Waals surface area contributed by atoms with E-state index in [-0.39, 0.29) is 5.56 Å². The van der Waals surface area contributed by atoms with Crippen molar-refractivity contribution in [3.05, 3.63) is 62.2 Å². The summed E-state index contributed by atoms with van der Waals surface area (Å²) in [6, 6.07) is 12.1. The van der Waals surface area contributed by atoms with Crippen LogP contribution >= 0.6 is 22.9 Å². The molecule has 6 heteroatoms. The Hall–Kier alpha value is -2.34. The van der Waals surface area contributed by atoms with Gasteiger partial charge in [-0.1, -0.05) is 49.7 Å². The molecule has 0 fully saturated rings. The highest BCUT2D eigenvalue weighted by Crippen LogP contribution is 2.43. The number of nitrogens with two attached hydrogens (primary N) is 1. The van der Waals surface area contributed by atoms with Crippen LogP contribution in [-0.4, -0.2) is 18.6 Å². The molecule has 0 saturated carbocycles. The number of nitrogens with one attached hydrogen (secondary N) is 1. The lowest BCUT2D eigenvalue weighted by Gasteiger charge is -2.16. The number of benzene rings is 2. The predicted molar refractivity (Wildman–Crippen MR) is 126 cm³/mol. The van der Waals surface area contributed by atoms with Crippen LogP contribution in [0.1, 0.15) is 25.0 Å². The summed E-state index contributed by atoms with van der Waals surface area (Å²) >= 11 is 7.54. The van der Waals surface area contributed by atoms with Crippen LogP contribution in [0.15, 0.2) is 41.2 Å². The van der Waals surface area contributed by atoms with Crippen molar-refractivity contribution in [2.75, 3.05) is 13.7 Å². The minimum absolute atomic E-state index is 0.119. The van der Waals surface area contributed by atoms with Gasteiger partial charge in [-0.25, -0.2) is 0 Å². The Labute approximate surface area is 179 Å². The summed E-state index contributed by atoms with van der Waals surface area (Å²) in [5, 5.41) is 1.81. The molecule has 0 aliphatic carbocycles. The molecule has 4 aromatic rings. The molecule has 2 aromatic carbocycles. The third-order valence-corrected chi connectivity index (χ3v) is 6.06. The smallest absolute Gasteiger partial charge is 0.266 e. The van der Waals surface area contributed by atoms with E-state index in [1.165, 1.54) is 16.9 Å². The molecule has 4 nitrogen and oxygen atoms in total. The molecule has 0 spiro atoms. The maximum atomic E-state index is 12.5. The molecule has 2 aromatic heterocycles. The van der Waals surface area contributed by atoms with Gasteiger partial charge in [0.05, 0.1) is 17.0 Å². The molecule has 0 radical (unpaired) electrons. The second-order valence-electron chi connectivity index (χ2n) is 6.50. The van der Waals surface area contributed by atoms with Crippen LogP contribution in [0.4, 0.5) is 0 Å². The molecule has 0 saturated heterocycles. The van der Waals surface area contributed by atoms with Crippen LogP contribution in [0.25, 0.3) is 32.1 Å². The first-order valence-electron chi connectivity index (χ1n) is 9.65. The SMILES string of the molecule is CC.COc1cc(C)c2[nH]c(=O)c3sc(Cl)cc3c2c1-c1ccc(CCN)cc1. The second-order valence-corrected chi connectivity index (χ2v) is 8.19. The van der Waals surface area contributed by atoms with E-state index < -0.39 is 0 Å². The van der Waals surface area contributed by atoms with Gasteiger partial charge >= 0.3 is 0 Å². The van der Waals surface area contributed by atoms with Gasteiger partial charge < -0.3 is 15.5 Å². The lowest BCUT2D eigenvalue weighted by molar-refractivity contribution is 0.416. The zero-order valence-corrected chi connectivity index (χ0v) is 18.6. The fourth-order valence-corrected chi connectivity index (χ4v) is 4.68. The number of aromatic nitrogens is 1. The number of methoxy groups -OCH3 is 1. The molecule has 0 atom stereocenters. The summed E-state index contributed by atoms with van der Waals surface area (Å²) in [5.41, 5.74) is 10.5. The lowest BCUT2D eigenvalue weighted by Crippen LogP contribution is -2.06. The average Bonchev–Trinajstić information content (AvgIpc) is 3.13. The fourth-order valence-electron chi connectivity index (χ4n) is 3.55. The van der Waals surface area contributed by atoms with Crippen molar-refractivity contribution in [1.29, 1.82) is 0 Å². The zero-order valence-electron chi connectivity index (χ0n) is 17.1. The number of aryl methyl sites for hydroxylation is 1. The largest absolute Gasteiger partial charge is 0.496 e. The van der Waals surface area contributed by atoms with Gasteiger partial charge in [0.15, 0.2) is 0 Å². The van der Waals surface area contributed by atoms with Crippen LogP contribution in [0.2, 0.25) is 4.34 Å². The van der Waals surface area contributed by atoms with Gasteiger partial charge in [0.1, 0.15) is 10.4 Å². The predicted octanol–water partition coefficient (Wildman–Crippen LogP) is 5.91. The van der Waals surface area contributed by atoms with Crippen molar-refractivity contribution < 1.29 is 4.74 Å². The number of halogens is 1. The van der Waals surface area contributed by atoms with E-state index in [0.717, 1.165) is 45.1 Å². The summed E-state index contributed by atoms with van der Waals surface area (Å²) < 4.78 is 6.93. The summed E-state index contributed by atoms with van der Waals surface area (Å²) in [4.78, 5) is 15.6. The summed E-state index contributed by atoms with van der Waals surface area (Å²) in [6.45, 7) is 6.58. The van der Waals surface area contributed by atoms with Gasteiger partial charge in [0.25, 0.3) is 5.56 Å². The number of pyridine rings is 1. The molecule has 152 valence electrons. The Kier molecular flexibility index (Phi) is 6.63. The molecule has 0 bridgehead atoms. The number of ether oxygens (including phenoxy) is 1. The third kappa shape index (κ3) is 3.90. The summed E-state index contributed by atoms with van der Waals surface area (Å²) in [6.07, 6.45) is 0.837. The van der Waals surface area contributed by atoms with E-state index in [1.807, 2.05) is 32.9 Å². The lowest BCUT2D eigenvalue weighted by atomic mass is 9.94. The Balaban J connectivity index is 0.00000117. The molecule has 0 aliphatic heterocycles. The van der Waals surface area contributed by atoms with Gasteiger partial charge in [-0.15, -0.1) is 11.3 Å². The molecule has 0 unspecified atom stereocenters. The van der Waals surface area contributed by atoms with E-state index >= 15 is 0 Å². The van der Waals surface area contributed by atoms with Crippen LogP contribution in [-0.2, 0) is 6.42 Å². The molecule has 3 N–H and O–H groups in total. The highest BCUT2D eigenvalue weighted by Gasteiger charge is 2.19. The molecule has 2 heterocycles. The number of thiophene rings is 1. The highest BCUT2D eigenvalue weighted by atomic mass is 35.5. The van der Waals surface area contributed by atoms with Crippen molar-refractivity contribution >= 4 is 43.9 Å². The normalized spacial score (nSPS) is 10.8. The fraction of sp³-hybridized carbons (Fsp3) is 0.261. The van der Waals surface area contributed by atoms with Gasteiger partial charge in [-0.2, -0.15) is 0 Å². The van der Waals surface area contributed by atoms with Crippen molar-refractivity contribution in [3.63, 3.8) is 0 Å². The van der Waals surface area contributed by atoms with Crippen LogP contribution in [0, 0.1) is 6.92 Å². The van der Waals surface area contributed by atoms with Gasteiger partial charge in [0, 0.05) is 16.3 Å². The van der Waals surface area contributed by atoms with Gasteiger partial charge in [-0.05, 0) is 48.7 Å². The van der Waals surface area contributed by atoms with Crippen LogP contribution in [0.5, 0.6) is 5.75 Å². The highest BCUT2D eigenvalue weighted by molar-refractivity contribution is 7.22. The van der Waals surface area contributed by atoms with E-state index in [0.29, 0.717) is 15.6 Å². The summed E-state index contributed by atoms with van der Waals surface area (Å²) in [7, 11) is 1.66. The number of hydrogen-bond acceptors (Lipinski definition) is 4. The van der Waals surface area contributed by atoms with Crippen molar-refractivity contribution in [1.82, 2.24) is 4.98 Å². The second kappa shape index (κ2) is 8.99. The van der Waals surface area contributed by atoms with Crippen molar-refractivity contribution in [2.45, 2.75) is 27.2 Å². The van der Waals surface area contributed by atoms with E-state index in [9.17, 15) is 4.79 Å². The van der Waals surface area contributed by atoms with Gasteiger partial charge in [0.2, 0.25) is 0 Å². The van der Waals surface area contributed by atoms with E-state index in [4.69, 9.17) is 22.1 Å². The first-order valence-corrected chi connectivity index (χ1v) is 10.8.